The first-order valence-corrected chi connectivity index (χ1v) is 7.98. The molecule has 21 heavy (non-hydrogen) atoms. The van der Waals surface area contributed by atoms with Crippen molar-refractivity contribution in [3.8, 4) is 0 Å². The summed E-state index contributed by atoms with van der Waals surface area (Å²) in [6.07, 6.45) is 0.873. The molecule has 0 saturated carbocycles. The predicted octanol–water partition coefficient (Wildman–Crippen LogP) is 3.11. The van der Waals surface area contributed by atoms with Gasteiger partial charge in [-0.25, -0.2) is 0 Å². The fraction of sp³-hybridized carbons (Fsp3) is 0.611. The van der Waals surface area contributed by atoms with Crippen molar-refractivity contribution >= 4 is 5.91 Å². The molecule has 0 aliphatic rings. The highest BCUT2D eigenvalue weighted by molar-refractivity contribution is 5.95. The van der Waals surface area contributed by atoms with Gasteiger partial charge >= 0.3 is 0 Å². The lowest BCUT2D eigenvalue weighted by Gasteiger charge is -2.25. The van der Waals surface area contributed by atoms with E-state index in [2.05, 4.69) is 38.3 Å². The van der Waals surface area contributed by atoms with Gasteiger partial charge in [-0.3, -0.25) is 4.79 Å². The second kappa shape index (κ2) is 8.83. The summed E-state index contributed by atoms with van der Waals surface area (Å²) in [7, 11) is 1.93. The minimum atomic E-state index is 0.0491. The van der Waals surface area contributed by atoms with Crippen LogP contribution in [0, 0.1) is 17.8 Å². The van der Waals surface area contributed by atoms with E-state index in [9.17, 15) is 4.79 Å². The lowest BCUT2D eigenvalue weighted by molar-refractivity contribution is 0.0936. The van der Waals surface area contributed by atoms with Crippen LogP contribution in [0.5, 0.6) is 0 Å². The smallest absolute Gasteiger partial charge is 0.251 e. The fourth-order valence-electron chi connectivity index (χ4n) is 2.77. The molecule has 0 fully saturated rings. The van der Waals surface area contributed by atoms with Gasteiger partial charge in [0, 0.05) is 12.1 Å². The van der Waals surface area contributed by atoms with Crippen molar-refractivity contribution in [3.05, 3.63) is 35.4 Å². The van der Waals surface area contributed by atoms with E-state index in [1.165, 1.54) is 0 Å². The zero-order chi connectivity index (χ0) is 15.8. The Labute approximate surface area is 129 Å². The first-order chi connectivity index (χ1) is 9.97. The second-order valence-electron chi connectivity index (χ2n) is 6.37. The van der Waals surface area contributed by atoms with Crippen LogP contribution >= 0.6 is 0 Å². The monoisotopic (exact) mass is 290 g/mol. The molecule has 0 aromatic heterocycles. The third-order valence-electron chi connectivity index (χ3n) is 4.12. The highest BCUT2D eigenvalue weighted by atomic mass is 16.1. The number of likely N-dealkylation sites (N-methyl/N-ethyl adjacent to an activating group) is 1. The summed E-state index contributed by atoms with van der Waals surface area (Å²) in [6.45, 7) is 10.5. The average molecular weight is 290 g/mol. The summed E-state index contributed by atoms with van der Waals surface area (Å²) in [5.74, 6) is 1.71. The third kappa shape index (κ3) is 5.50. The number of rotatable bonds is 8. The van der Waals surface area contributed by atoms with Gasteiger partial charge in [-0.2, -0.15) is 0 Å². The Balaban J connectivity index is 2.71. The van der Waals surface area contributed by atoms with Gasteiger partial charge in [-0.05, 0) is 49.4 Å². The number of hydrogen-bond acceptors (Lipinski definition) is 2. The Hall–Kier alpha value is -1.35. The highest BCUT2D eigenvalue weighted by Crippen LogP contribution is 2.19. The van der Waals surface area contributed by atoms with Gasteiger partial charge in [-0.1, -0.05) is 45.9 Å². The first-order valence-electron chi connectivity index (χ1n) is 7.98. The van der Waals surface area contributed by atoms with Crippen LogP contribution in [0.3, 0.4) is 0 Å². The fourth-order valence-corrected chi connectivity index (χ4v) is 2.77. The van der Waals surface area contributed by atoms with Crippen molar-refractivity contribution in [1.29, 1.82) is 0 Å². The third-order valence-corrected chi connectivity index (χ3v) is 4.12. The average Bonchev–Trinajstić information content (AvgIpc) is 2.44. The van der Waals surface area contributed by atoms with Crippen LogP contribution < -0.4 is 10.6 Å². The lowest BCUT2D eigenvalue weighted by atomic mass is 9.85. The van der Waals surface area contributed by atoms with Gasteiger partial charge in [0.2, 0.25) is 0 Å². The molecule has 0 aliphatic carbocycles. The van der Waals surface area contributed by atoms with Gasteiger partial charge in [0.25, 0.3) is 5.91 Å². The maximum Gasteiger partial charge on any atom is 0.251 e. The van der Waals surface area contributed by atoms with Crippen LogP contribution in [0.2, 0.25) is 0 Å². The highest BCUT2D eigenvalue weighted by Gasteiger charge is 2.19. The Kier molecular flexibility index (Phi) is 7.44. The number of carbonyl (C=O) groups excluding carboxylic acids is 1. The number of carbonyl (C=O) groups is 1. The first kappa shape index (κ1) is 17.7. The van der Waals surface area contributed by atoms with E-state index >= 15 is 0 Å². The maximum absolute atomic E-state index is 12.4. The molecular weight excluding hydrogens is 260 g/mol. The Morgan fingerprint density at radius 3 is 2.29 bits per heavy atom. The van der Waals surface area contributed by atoms with E-state index < -0.39 is 0 Å². The molecule has 0 spiro atoms. The van der Waals surface area contributed by atoms with Crippen LogP contribution in [-0.2, 0) is 6.42 Å². The molecule has 3 nitrogen and oxygen atoms in total. The molecule has 1 aromatic rings. The molecule has 1 amide bonds. The molecule has 0 unspecified atom stereocenters. The summed E-state index contributed by atoms with van der Waals surface area (Å²) in [6, 6.07) is 7.88. The minimum Gasteiger partial charge on any atom is -0.352 e. The summed E-state index contributed by atoms with van der Waals surface area (Å²) < 4.78 is 0. The number of nitrogens with one attached hydrogen (secondary N) is 2. The standard InChI is InChI=1S/C18H30N2O/c1-13(2)17(14(3)4)12-20-18(21)16-9-7-6-8-15(16)10-11-19-5/h6-9,13-14,17,19H,10-12H2,1-5H3,(H,20,21). The Morgan fingerprint density at radius 2 is 1.71 bits per heavy atom. The molecule has 2 N–H and O–H groups in total. The van der Waals surface area contributed by atoms with Crippen LogP contribution in [0.25, 0.3) is 0 Å². The maximum atomic E-state index is 12.4. The van der Waals surface area contributed by atoms with Gasteiger partial charge in [0.15, 0.2) is 0 Å². The molecule has 1 aromatic carbocycles. The minimum absolute atomic E-state index is 0.0491. The van der Waals surface area contributed by atoms with E-state index in [1.807, 2.05) is 31.3 Å². The molecule has 3 heteroatoms. The lowest BCUT2D eigenvalue weighted by Crippen LogP contribution is -2.34. The van der Waals surface area contributed by atoms with Crippen molar-refractivity contribution in [1.82, 2.24) is 10.6 Å². The zero-order valence-electron chi connectivity index (χ0n) is 14.1. The van der Waals surface area contributed by atoms with Crippen LogP contribution in [-0.4, -0.2) is 26.0 Å². The Morgan fingerprint density at radius 1 is 1.10 bits per heavy atom. The quantitative estimate of drug-likeness (QED) is 0.772. The topological polar surface area (TPSA) is 41.1 Å². The molecule has 118 valence electrons. The van der Waals surface area contributed by atoms with Crippen molar-refractivity contribution in [2.75, 3.05) is 20.1 Å². The molecular formula is C18H30N2O. The van der Waals surface area contributed by atoms with Crippen molar-refractivity contribution in [3.63, 3.8) is 0 Å². The van der Waals surface area contributed by atoms with Crippen LogP contribution in [0.15, 0.2) is 24.3 Å². The molecule has 0 saturated heterocycles. The molecule has 0 radical (unpaired) electrons. The molecule has 0 aliphatic heterocycles. The molecule has 0 heterocycles. The van der Waals surface area contributed by atoms with E-state index in [-0.39, 0.29) is 5.91 Å². The van der Waals surface area contributed by atoms with E-state index in [4.69, 9.17) is 0 Å². The predicted molar refractivity (Wildman–Crippen MR) is 89.6 cm³/mol. The van der Waals surface area contributed by atoms with E-state index in [0.29, 0.717) is 17.8 Å². The largest absolute Gasteiger partial charge is 0.352 e. The zero-order valence-corrected chi connectivity index (χ0v) is 14.1. The van der Waals surface area contributed by atoms with E-state index in [1.54, 1.807) is 0 Å². The van der Waals surface area contributed by atoms with Crippen LogP contribution in [0.4, 0.5) is 0 Å². The SMILES string of the molecule is CNCCc1ccccc1C(=O)NCC(C(C)C)C(C)C. The molecule has 0 atom stereocenters. The van der Waals surface area contributed by atoms with Crippen LogP contribution in [0.1, 0.15) is 43.6 Å². The summed E-state index contributed by atoms with van der Waals surface area (Å²) in [5, 5.41) is 6.25. The number of amides is 1. The Bertz CT molecular complexity index is 433. The summed E-state index contributed by atoms with van der Waals surface area (Å²) >= 11 is 0. The summed E-state index contributed by atoms with van der Waals surface area (Å²) in [5.41, 5.74) is 1.91. The van der Waals surface area contributed by atoms with Crippen molar-refractivity contribution < 1.29 is 4.79 Å². The van der Waals surface area contributed by atoms with Gasteiger partial charge in [0.1, 0.15) is 0 Å². The number of hydrogen-bond donors (Lipinski definition) is 2. The van der Waals surface area contributed by atoms with Crippen molar-refractivity contribution in [2.24, 2.45) is 17.8 Å². The normalized spacial score (nSPS) is 11.4. The van der Waals surface area contributed by atoms with E-state index in [0.717, 1.165) is 30.6 Å². The second-order valence-corrected chi connectivity index (χ2v) is 6.37. The molecule has 0 bridgehead atoms. The van der Waals surface area contributed by atoms with Gasteiger partial charge in [-0.15, -0.1) is 0 Å². The van der Waals surface area contributed by atoms with Crippen molar-refractivity contribution in [2.45, 2.75) is 34.1 Å². The van der Waals surface area contributed by atoms with Gasteiger partial charge in [0.05, 0.1) is 0 Å². The van der Waals surface area contributed by atoms with Gasteiger partial charge < -0.3 is 10.6 Å². The molecule has 1 rings (SSSR count). The number of benzene rings is 1. The summed E-state index contributed by atoms with van der Waals surface area (Å²) in [4.78, 5) is 12.4.